The number of amides is 1. The molecule has 162 valence electrons. The molecule has 1 amide bonds. The number of rotatable bonds is 8. The van der Waals surface area contributed by atoms with E-state index in [0.717, 1.165) is 60.1 Å². The van der Waals surface area contributed by atoms with Crippen molar-refractivity contribution in [3.8, 4) is 16.8 Å². The first-order chi connectivity index (χ1) is 15.1. The second-order valence-electron chi connectivity index (χ2n) is 7.61. The smallest absolute Gasteiger partial charge is 0.235 e. The van der Waals surface area contributed by atoms with Crippen LogP contribution in [0.4, 0.5) is 5.00 Å². The lowest BCUT2D eigenvalue weighted by atomic mass is 9.86. The summed E-state index contributed by atoms with van der Waals surface area (Å²) in [6.45, 7) is 5.14. The van der Waals surface area contributed by atoms with Gasteiger partial charge in [0, 0.05) is 11.4 Å². The van der Waals surface area contributed by atoms with Crippen LogP contribution in [-0.4, -0.2) is 26.4 Å². The Bertz CT molecular complexity index is 1090. The van der Waals surface area contributed by atoms with Crippen LogP contribution < -0.4 is 5.32 Å². The lowest BCUT2D eigenvalue weighted by Gasteiger charge is -2.20. The Balaban J connectivity index is 1.45. The molecular formula is C22H25N5OS3. The van der Waals surface area contributed by atoms with Gasteiger partial charge in [0.25, 0.3) is 0 Å². The fourth-order valence-corrected chi connectivity index (χ4v) is 6.72. The first-order valence-corrected chi connectivity index (χ1v) is 13.3. The van der Waals surface area contributed by atoms with Gasteiger partial charge in [-0.15, -0.1) is 32.9 Å². The van der Waals surface area contributed by atoms with Crippen molar-refractivity contribution < 1.29 is 4.79 Å². The zero-order valence-corrected chi connectivity index (χ0v) is 20.1. The number of carbonyl (C=O) groups excluding carboxylic acids is 1. The average Bonchev–Trinajstić information content (AvgIpc) is 3.50. The molecule has 1 aliphatic rings. The van der Waals surface area contributed by atoms with Gasteiger partial charge in [0.05, 0.1) is 16.2 Å². The maximum atomic E-state index is 12.7. The molecule has 0 bridgehead atoms. The number of nitrogens with one attached hydrogen (secondary N) is 1. The lowest BCUT2D eigenvalue weighted by molar-refractivity contribution is -0.113. The van der Waals surface area contributed by atoms with Crippen molar-refractivity contribution >= 4 is 45.3 Å². The minimum atomic E-state index is -0.115. The highest BCUT2D eigenvalue weighted by Crippen LogP contribution is 2.40. The molecule has 1 N–H and O–H groups in total. The van der Waals surface area contributed by atoms with E-state index >= 15 is 0 Å². The van der Waals surface area contributed by atoms with E-state index in [1.165, 1.54) is 16.6 Å². The SMILES string of the molecule is CCCn1c(SCC(=O)Nc2sc3c(c2C#N)CCC(CC)C3)nnc1-c1cccs1. The molecule has 6 nitrogen and oxygen atoms in total. The Kier molecular flexibility index (Phi) is 7.10. The van der Waals surface area contributed by atoms with Crippen molar-refractivity contribution in [1.29, 1.82) is 5.26 Å². The van der Waals surface area contributed by atoms with E-state index in [9.17, 15) is 10.1 Å². The minimum Gasteiger partial charge on any atom is -0.316 e. The number of nitriles is 1. The summed E-state index contributed by atoms with van der Waals surface area (Å²) < 4.78 is 2.08. The Hall–Kier alpha value is -2.15. The van der Waals surface area contributed by atoms with E-state index in [-0.39, 0.29) is 11.7 Å². The molecule has 3 aromatic rings. The molecule has 1 atom stereocenters. The van der Waals surface area contributed by atoms with Crippen LogP contribution in [0.25, 0.3) is 10.7 Å². The average molecular weight is 472 g/mol. The topological polar surface area (TPSA) is 83.6 Å². The number of nitrogens with zero attached hydrogens (tertiary/aromatic N) is 4. The first-order valence-electron chi connectivity index (χ1n) is 10.6. The first kappa shape index (κ1) is 22.1. The molecule has 3 heterocycles. The Labute approximate surface area is 194 Å². The molecule has 1 aliphatic carbocycles. The van der Waals surface area contributed by atoms with Gasteiger partial charge in [0.1, 0.15) is 11.1 Å². The van der Waals surface area contributed by atoms with E-state index in [1.807, 2.05) is 17.5 Å². The molecule has 0 spiro atoms. The molecule has 0 aromatic carbocycles. The molecule has 0 aliphatic heterocycles. The quantitative estimate of drug-likeness (QED) is 0.433. The summed E-state index contributed by atoms with van der Waals surface area (Å²) in [4.78, 5) is 15.0. The molecule has 3 aromatic heterocycles. The third-order valence-electron chi connectivity index (χ3n) is 5.55. The third kappa shape index (κ3) is 4.71. The summed E-state index contributed by atoms with van der Waals surface area (Å²) in [5, 5.41) is 24.8. The van der Waals surface area contributed by atoms with Gasteiger partial charge < -0.3 is 9.88 Å². The molecular weight excluding hydrogens is 446 g/mol. The highest BCUT2D eigenvalue weighted by Gasteiger charge is 2.26. The molecule has 31 heavy (non-hydrogen) atoms. The molecule has 4 rings (SSSR count). The molecule has 1 unspecified atom stereocenters. The number of hydrogen-bond acceptors (Lipinski definition) is 7. The van der Waals surface area contributed by atoms with Crippen molar-refractivity contribution in [3.05, 3.63) is 33.5 Å². The van der Waals surface area contributed by atoms with Gasteiger partial charge in [0.2, 0.25) is 5.91 Å². The largest absolute Gasteiger partial charge is 0.316 e. The number of carbonyl (C=O) groups is 1. The summed E-state index contributed by atoms with van der Waals surface area (Å²) in [7, 11) is 0. The zero-order chi connectivity index (χ0) is 21.8. The Morgan fingerprint density at radius 2 is 2.29 bits per heavy atom. The van der Waals surface area contributed by atoms with Crippen LogP contribution in [0.1, 0.15) is 49.1 Å². The normalized spacial score (nSPS) is 15.5. The second kappa shape index (κ2) is 9.98. The monoisotopic (exact) mass is 471 g/mol. The molecule has 0 saturated carbocycles. The standard InChI is InChI=1S/C22H25N5OS3/c1-3-9-27-20(17-6-5-10-29-17)25-26-22(27)30-13-19(28)24-21-16(12-23)15-8-7-14(4-2)11-18(15)31-21/h5-6,10,14H,3-4,7-9,11,13H2,1-2H3,(H,24,28). The number of thiophene rings is 2. The van der Waals surface area contributed by atoms with Gasteiger partial charge in [-0.05, 0) is 48.6 Å². The highest BCUT2D eigenvalue weighted by molar-refractivity contribution is 7.99. The van der Waals surface area contributed by atoms with E-state index in [2.05, 4.69) is 40.0 Å². The predicted molar refractivity (Wildman–Crippen MR) is 128 cm³/mol. The summed E-state index contributed by atoms with van der Waals surface area (Å²) >= 11 is 4.60. The highest BCUT2D eigenvalue weighted by atomic mass is 32.2. The second-order valence-corrected chi connectivity index (χ2v) is 10.6. The maximum absolute atomic E-state index is 12.7. The van der Waals surface area contributed by atoms with Gasteiger partial charge in [-0.25, -0.2) is 0 Å². The van der Waals surface area contributed by atoms with Crippen LogP contribution in [-0.2, 0) is 24.2 Å². The van der Waals surface area contributed by atoms with Crippen molar-refractivity contribution in [2.45, 2.75) is 57.7 Å². The Morgan fingerprint density at radius 1 is 1.42 bits per heavy atom. The van der Waals surface area contributed by atoms with E-state index in [0.29, 0.717) is 16.5 Å². The molecule has 9 heteroatoms. The van der Waals surface area contributed by atoms with Gasteiger partial charge in [-0.2, -0.15) is 5.26 Å². The summed E-state index contributed by atoms with van der Waals surface area (Å²) in [6, 6.07) is 6.36. The van der Waals surface area contributed by atoms with Crippen LogP contribution in [0.5, 0.6) is 0 Å². The number of fused-ring (bicyclic) bond motifs is 1. The van der Waals surface area contributed by atoms with Crippen LogP contribution in [0.15, 0.2) is 22.7 Å². The molecule has 0 fully saturated rings. The van der Waals surface area contributed by atoms with Crippen LogP contribution in [0, 0.1) is 17.2 Å². The summed E-state index contributed by atoms with van der Waals surface area (Å²) in [5.74, 6) is 1.65. The molecule has 0 radical (unpaired) electrons. The zero-order valence-electron chi connectivity index (χ0n) is 17.7. The van der Waals surface area contributed by atoms with Crippen LogP contribution in [0.3, 0.4) is 0 Å². The number of thioether (sulfide) groups is 1. The van der Waals surface area contributed by atoms with Crippen molar-refractivity contribution in [3.63, 3.8) is 0 Å². The fourth-order valence-electron chi connectivity index (χ4n) is 3.91. The summed E-state index contributed by atoms with van der Waals surface area (Å²) in [6.07, 6.45) is 5.19. The van der Waals surface area contributed by atoms with E-state index < -0.39 is 0 Å². The minimum absolute atomic E-state index is 0.115. The third-order valence-corrected chi connectivity index (χ3v) is 8.55. The van der Waals surface area contributed by atoms with Crippen molar-refractivity contribution in [1.82, 2.24) is 14.8 Å². The number of anilines is 1. The predicted octanol–water partition coefficient (Wildman–Crippen LogP) is 5.60. The summed E-state index contributed by atoms with van der Waals surface area (Å²) in [5.41, 5.74) is 1.80. The van der Waals surface area contributed by atoms with Crippen molar-refractivity contribution in [2.75, 3.05) is 11.1 Å². The van der Waals surface area contributed by atoms with Gasteiger partial charge in [-0.3, -0.25) is 4.79 Å². The van der Waals surface area contributed by atoms with Crippen LogP contribution in [0.2, 0.25) is 0 Å². The van der Waals surface area contributed by atoms with Crippen molar-refractivity contribution in [2.24, 2.45) is 5.92 Å². The van der Waals surface area contributed by atoms with Gasteiger partial charge >= 0.3 is 0 Å². The number of hydrogen-bond donors (Lipinski definition) is 1. The van der Waals surface area contributed by atoms with Gasteiger partial charge in [-0.1, -0.05) is 38.1 Å². The lowest BCUT2D eigenvalue weighted by Crippen LogP contribution is -2.15. The van der Waals surface area contributed by atoms with E-state index in [4.69, 9.17) is 0 Å². The maximum Gasteiger partial charge on any atom is 0.235 e. The van der Waals surface area contributed by atoms with Crippen LogP contribution >= 0.6 is 34.4 Å². The Morgan fingerprint density at radius 3 is 3.00 bits per heavy atom. The fraction of sp³-hybridized carbons (Fsp3) is 0.455. The van der Waals surface area contributed by atoms with E-state index in [1.54, 1.807) is 22.7 Å². The van der Waals surface area contributed by atoms with Gasteiger partial charge in [0.15, 0.2) is 11.0 Å². The molecule has 0 saturated heterocycles. The number of aromatic nitrogens is 3.